The molecule has 0 aliphatic heterocycles. The van der Waals surface area contributed by atoms with Crippen molar-refractivity contribution in [3.05, 3.63) is 85.9 Å². The van der Waals surface area contributed by atoms with Crippen LogP contribution in [0.4, 0.5) is 5.69 Å². The highest BCUT2D eigenvalue weighted by molar-refractivity contribution is 7.80. The third-order valence-corrected chi connectivity index (χ3v) is 6.71. The zero-order valence-electron chi connectivity index (χ0n) is 17.8. The van der Waals surface area contributed by atoms with Gasteiger partial charge in [0, 0.05) is 10.7 Å². The van der Waals surface area contributed by atoms with E-state index in [1.54, 1.807) is 30.3 Å². The van der Waals surface area contributed by atoms with Crippen LogP contribution < -0.4 is 15.4 Å². The standard InChI is InChI=1S/C25H21Cl3N2O2S/c1-14-12-23(32-22-11-10-19(27)15-6-2-3-7-16(15)22)20(28)13-21(14)29-25(33)30-24(31)17-8-4-5-9-18(17)26/h4-5,8-13H,2-3,6-7H2,1H3,(H2,29,30,31,33). The summed E-state index contributed by atoms with van der Waals surface area (Å²) in [7, 11) is 0. The first-order chi connectivity index (χ1) is 15.8. The molecule has 1 amide bonds. The number of halogens is 3. The van der Waals surface area contributed by atoms with E-state index in [-0.39, 0.29) is 5.11 Å². The summed E-state index contributed by atoms with van der Waals surface area (Å²) in [5.41, 5.74) is 4.16. The van der Waals surface area contributed by atoms with Gasteiger partial charge in [-0.2, -0.15) is 0 Å². The van der Waals surface area contributed by atoms with Crippen molar-refractivity contribution in [2.24, 2.45) is 0 Å². The molecule has 3 aromatic rings. The number of carbonyl (C=O) groups excluding carboxylic acids is 1. The van der Waals surface area contributed by atoms with Crippen molar-refractivity contribution < 1.29 is 9.53 Å². The fourth-order valence-corrected chi connectivity index (χ4v) is 4.74. The Kier molecular flexibility index (Phi) is 7.45. The van der Waals surface area contributed by atoms with Crippen LogP contribution in [0.25, 0.3) is 0 Å². The van der Waals surface area contributed by atoms with Crippen LogP contribution >= 0.6 is 47.0 Å². The summed E-state index contributed by atoms with van der Waals surface area (Å²) in [5.74, 6) is 0.925. The summed E-state index contributed by atoms with van der Waals surface area (Å²) in [4.78, 5) is 12.4. The Bertz CT molecular complexity index is 1250. The maximum absolute atomic E-state index is 12.4. The van der Waals surface area contributed by atoms with Gasteiger partial charge in [0.25, 0.3) is 5.91 Å². The summed E-state index contributed by atoms with van der Waals surface area (Å²) in [6, 6.07) is 14.1. The number of hydrogen-bond donors (Lipinski definition) is 2. The van der Waals surface area contributed by atoms with Gasteiger partial charge in [-0.05, 0) is 97.9 Å². The summed E-state index contributed by atoms with van der Waals surface area (Å²) in [6.45, 7) is 1.90. The number of carbonyl (C=O) groups is 1. The number of fused-ring (bicyclic) bond motifs is 1. The molecule has 0 aromatic heterocycles. The predicted octanol–water partition coefficient (Wildman–Crippen LogP) is 7.75. The molecule has 1 aliphatic rings. The smallest absolute Gasteiger partial charge is 0.258 e. The van der Waals surface area contributed by atoms with Gasteiger partial charge in [-0.3, -0.25) is 10.1 Å². The highest BCUT2D eigenvalue weighted by Gasteiger charge is 2.19. The first kappa shape index (κ1) is 23.8. The molecule has 1 aliphatic carbocycles. The topological polar surface area (TPSA) is 50.4 Å². The maximum Gasteiger partial charge on any atom is 0.258 e. The van der Waals surface area contributed by atoms with Crippen molar-refractivity contribution in [2.45, 2.75) is 32.6 Å². The SMILES string of the molecule is Cc1cc(Oc2ccc(Cl)c3c2CCCC3)c(Cl)cc1NC(=S)NC(=O)c1ccccc1Cl. The van der Waals surface area contributed by atoms with E-state index in [1.165, 1.54) is 0 Å². The average Bonchev–Trinajstić information content (AvgIpc) is 2.79. The minimum Gasteiger partial charge on any atom is -0.455 e. The van der Waals surface area contributed by atoms with Gasteiger partial charge in [0.2, 0.25) is 0 Å². The Morgan fingerprint density at radius 3 is 2.39 bits per heavy atom. The first-order valence-corrected chi connectivity index (χ1v) is 12.0. The summed E-state index contributed by atoms with van der Waals surface area (Å²) < 4.78 is 6.20. The molecule has 0 saturated carbocycles. The largest absolute Gasteiger partial charge is 0.455 e. The fourth-order valence-electron chi connectivity index (χ4n) is 3.84. The van der Waals surface area contributed by atoms with Crippen LogP contribution in [0.3, 0.4) is 0 Å². The Hall–Kier alpha value is -2.31. The molecule has 0 heterocycles. The van der Waals surface area contributed by atoms with Gasteiger partial charge < -0.3 is 10.1 Å². The van der Waals surface area contributed by atoms with Crippen LogP contribution in [-0.2, 0) is 12.8 Å². The van der Waals surface area contributed by atoms with Crippen molar-refractivity contribution in [1.29, 1.82) is 0 Å². The number of ether oxygens (including phenoxy) is 1. The van der Waals surface area contributed by atoms with Crippen molar-refractivity contribution in [1.82, 2.24) is 5.32 Å². The molecule has 8 heteroatoms. The van der Waals surface area contributed by atoms with Crippen LogP contribution in [-0.4, -0.2) is 11.0 Å². The molecule has 3 aromatic carbocycles. The van der Waals surface area contributed by atoms with Crippen LogP contribution in [0.5, 0.6) is 11.5 Å². The molecule has 0 fully saturated rings. The lowest BCUT2D eigenvalue weighted by molar-refractivity contribution is 0.0978. The second-order valence-corrected chi connectivity index (χ2v) is 9.43. The van der Waals surface area contributed by atoms with Crippen molar-refractivity contribution in [3.63, 3.8) is 0 Å². The number of aryl methyl sites for hydroxylation is 1. The van der Waals surface area contributed by atoms with Gasteiger partial charge in [0.1, 0.15) is 11.5 Å². The zero-order valence-corrected chi connectivity index (χ0v) is 20.9. The lowest BCUT2D eigenvalue weighted by Crippen LogP contribution is -2.34. The van der Waals surface area contributed by atoms with Gasteiger partial charge in [-0.25, -0.2) is 0 Å². The van der Waals surface area contributed by atoms with E-state index in [2.05, 4.69) is 10.6 Å². The molecule has 4 rings (SSSR count). The van der Waals surface area contributed by atoms with E-state index in [1.807, 2.05) is 25.1 Å². The number of amides is 1. The molecule has 0 saturated heterocycles. The second-order valence-electron chi connectivity index (χ2n) is 7.80. The molecule has 170 valence electrons. The average molecular weight is 520 g/mol. The fraction of sp³-hybridized carbons (Fsp3) is 0.200. The number of thiocarbonyl (C=S) groups is 1. The van der Waals surface area contributed by atoms with Crippen molar-refractivity contribution in [2.75, 3.05) is 5.32 Å². The summed E-state index contributed by atoms with van der Waals surface area (Å²) in [5, 5.41) is 7.35. The quantitative estimate of drug-likeness (QED) is 0.346. The molecule has 0 spiro atoms. The number of benzene rings is 3. The Morgan fingerprint density at radius 1 is 0.909 bits per heavy atom. The second kappa shape index (κ2) is 10.3. The molecule has 0 bridgehead atoms. The van der Waals surface area contributed by atoms with Crippen LogP contribution in [0.15, 0.2) is 48.5 Å². The van der Waals surface area contributed by atoms with Gasteiger partial charge >= 0.3 is 0 Å². The van der Waals surface area contributed by atoms with Gasteiger partial charge in [-0.1, -0.05) is 46.9 Å². The van der Waals surface area contributed by atoms with E-state index in [9.17, 15) is 4.79 Å². The third-order valence-electron chi connectivity index (χ3n) is 5.53. The number of nitrogens with one attached hydrogen (secondary N) is 2. The molecular formula is C25H21Cl3N2O2S. The normalized spacial score (nSPS) is 12.6. The predicted molar refractivity (Wildman–Crippen MR) is 139 cm³/mol. The minimum absolute atomic E-state index is 0.138. The lowest BCUT2D eigenvalue weighted by Gasteiger charge is -2.21. The molecule has 0 atom stereocenters. The van der Waals surface area contributed by atoms with E-state index in [0.717, 1.165) is 53.1 Å². The molecule has 33 heavy (non-hydrogen) atoms. The monoisotopic (exact) mass is 518 g/mol. The number of rotatable bonds is 4. The zero-order chi connectivity index (χ0) is 23.5. The van der Waals surface area contributed by atoms with Gasteiger partial charge in [0.05, 0.1) is 15.6 Å². The van der Waals surface area contributed by atoms with E-state index in [4.69, 9.17) is 51.8 Å². The van der Waals surface area contributed by atoms with Crippen LogP contribution in [0, 0.1) is 6.92 Å². The molecule has 2 N–H and O–H groups in total. The van der Waals surface area contributed by atoms with Crippen molar-refractivity contribution >= 4 is 63.7 Å². The van der Waals surface area contributed by atoms with E-state index < -0.39 is 5.91 Å². The molecule has 0 radical (unpaired) electrons. The summed E-state index contributed by atoms with van der Waals surface area (Å²) >= 11 is 24.3. The van der Waals surface area contributed by atoms with Gasteiger partial charge in [-0.15, -0.1) is 0 Å². The molecule has 0 unspecified atom stereocenters. The highest BCUT2D eigenvalue weighted by Crippen LogP contribution is 2.39. The van der Waals surface area contributed by atoms with Crippen LogP contribution in [0.1, 0.15) is 39.9 Å². The Labute approximate surface area is 213 Å². The first-order valence-electron chi connectivity index (χ1n) is 10.5. The highest BCUT2D eigenvalue weighted by atomic mass is 35.5. The summed E-state index contributed by atoms with van der Waals surface area (Å²) in [6.07, 6.45) is 4.12. The van der Waals surface area contributed by atoms with E-state index >= 15 is 0 Å². The number of anilines is 1. The number of hydrogen-bond acceptors (Lipinski definition) is 3. The van der Waals surface area contributed by atoms with Crippen LogP contribution in [0.2, 0.25) is 15.1 Å². The Balaban J connectivity index is 1.49. The Morgan fingerprint density at radius 2 is 1.64 bits per heavy atom. The van der Waals surface area contributed by atoms with Crippen molar-refractivity contribution in [3.8, 4) is 11.5 Å². The maximum atomic E-state index is 12.4. The molecule has 4 nitrogen and oxygen atoms in total. The van der Waals surface area contributed by atoms with Gasteiger partial charge in [0.15, 0.2) is 5.11 Å². The molecular weight excluding hydrogens is 499 g/mol. The minimum atomic E-state index is -0.394. The van der Waals surface area contributed by atoms with E-state index in [0.29, 0.717) is 27.0 Å². The third kappa shape index (κ3) is 5.44. The lowest BCUT2D eigenvalue weighted by atomic mass is 9.91.